The fraction of sp³-hybridized carbons (Fsp3) is 0.259. The van der Waals surface area contributed by atoms with E-state index in [0.29, 0.717) is 18.1 Å². The monoisotopic (exact) mass is 575 g/mol. The van der Waals surface area contributed by atoms with Crippen molar-refractivity contribution in [2.45, 2.75) is 19.8 Å². The van der Waals surface area contributed by atoms with Gasteiger partial charge < -0.3 is 20.2 Å². The van der Waals surface area contributed by atoms with Crippen LogP contribution in [-0.4, -0.2) is 57.9 Å². The van der Waals surface area contributed by atoms with E-state index >= 15 is 0 Å². The Morgan fingerprint density at radius 3 is 2.68 bits per heavy atom. The van der Waals surface area contributed by atoms with Gasteiger partial charge in [-0.3, -0.25) is 0 Å². The van der Waals surface area contributed by atoms with Gasteiger partial charge in [0.1, 0.15) is 18.0 Å². The molecule has 0 aliphatic carbocycles. The molecule has 1 saturated heterocycles. The quantitative estimate of drug-likeness (QED) is 0.247. The number of aromatic nitrogens is 4. The topological polar surface area (TPSA) is 129 Å². The van der Waals surface area contributed by atoms with Gasteiger partial charge in [0, 0.05) is 42.2 Å². The lowest BCUT2D eigenvalue weighted by Gasteiger charge is -2.28. The highest BCUT2D eigenvalue weighted by Gasteiger charge is 2.18. The van der Waals surface area contributed by atoms with Crippen LogP contribution >= 0.6 is 15.9 Å². The summed E-state index contributed by atoms with van der Waals surface area (Å²) in [4.78, 5) is 36.8. The van der Waals surface area contributed by atoms with Crippen LogP contribution in [0.5, 0.6) is 0 Å². The molecule has 4 aromatic rings. The number of anilines is 2. The largest absolute Gasteiger partial charge is 0.463 e. The second-order valence-corrected chi connectivity index (χ2v) is 9.57. The fourth-order valence-corrected chi connectivity index (χ4v) is 4.71. The van der Waals surface area contributed by atoms with Crippen molar-refractivity contribution in [3.05, 3.63) is 59.5 Å². The number of carbonyl (C=O) groups is 1. The third kappa shape index (κ3) is 5.72. The normalized spacial score (nSPS) is 13.4. The zero-order chi connectivity index (χ0) is 26.5. The molecule has 0 amide bonds. The average Bonchev–Trinajstić information content (AvgIpc) is 2.93. The Morgan fingerprint density at radius 1 is 1.11 bits per heavy atom. The second kappa shape index (κ2) is 11.5. The van der Waals surface area contributed by atoms with Gasteiger partial charge in [-0.1, -0.05) is 33.2 Å². The summed E-state index contributed by atoms with van der Waals surface area (Å²) in [6.07, 6.45) is 4.71. The number of pyridine rings is 2. The molecule has 4 heterocycles. The minimum atomic E-state index is -0.417. The SMILES string of the molecule is CCOC(=O)CON=C1CCN(c2ccc(-c3cc(-c4cccc(Br)c4)c4c(N)ncnc4n3)cn2)CC1. The van der Waals surface area contributed by atoms with Gasteiger partial charge in [0.15, 0.2) is 5.65 Å². The summed E-state index contributed by atoms with van der Waals surface area (Å²) < 4.78 is 5.80. The molecular weight excluding hydrogens is 550 g/mol. The summed E-state index contributed by atoms with van der Waals surface area (Å²) in [5.41, 5.74) is 11.2. The summed E-state index contributed by atoms with van der Waals surface area (Å²) in [5, 5.41) is 4.81. The van der Waals surface area contributed by atoms with Gasteiger partial charge >= 0.3 is 5.97 Å². The maximum absolute atomic E-state index is 11.4. The number of nitrogen functional groups attached to an aromatic ring is 1. The van der Waals surface area contributed by atoms with E-state index in [2.05, 4.69) is 36.0 Å². The van der Waals surface area contributed by atoms with Crippen molar-refractivity contribution < 1.29 is 14.4 Å². The molecule has 11 heteroatoms. The van der Waals surface area contributed by atoms with E-state index in [0.717, 1.165) is 69.7 Å². The van der Waals surface area contributed by atoms with Crippen LogP contribution in [0.25, 0.3) is 33.4 Å². The van der Waals surface area contributed by atoms with E-state index in [1.54, 1.807) is 6.92 Å². The highest BCUT2D eigenvalue weighted by Crippen LogP contribution is 2.34. The van der Waals surface area contributed by atoms with Gasteiger partial charge in [-0.25, -0.2) is 24.7 Å². The number of nitrogens with zero attached hydrogens (tertiary/aromatic N) is 6. The molecule has 2 N–H and O–H groups in total. The first-order valence-corrected chi connectivity index (χ1v) is 13.0. The van der Waals surface area contributed by atoms with Crippen LogP contribution in [0.2, 0.25) is 0 Å². The Morgan fingerprint density at radius 2 is 1.95 bits per heavy atom. The molecule has 0 spiro atoms. The maximum Gasteiger partial charge on any atom is 0.347 e. The smallest absolute Gasteiger partial charge is 0.347 e. The number of halogens is 1. The van der Waals surface area contributed by atoms with Crippen molar-refractivity contribution in [2.24, 2.45) is 5.16 Å². The number of nitrogens with two attached hydrogens (primary N) is 1. The van der Waals surface area contributed by atoms with Gasteiger partial charge in [-0.2, -0.15) is 0 Å². The molecule has 3 aromatic heterocycles. The van der Waals surface area contributed by atoms with Crippen LogP contribution in [0.4, 0.5) is 11.6 Å². The predicted octanol–water partition coefficient (Wildman–Crippen LogP) is 4.63. The van der Waals surface area contributed by atoms with E-state index in [9.17, 15) is 4.79 Å². The molecule has 0 unspecified atom stereocenters. The number of piperidine rings is 1. The molecule has 38 heavy (non-hydrogen) atoms. The minimum absolute atomic E-state index is 0.172. The lowest BCUT2D eigenvalue weighted by molar-refractivity contribution is -0.148. The molecule has 1 aliphatic heterocycles. The number of hydrogen-bond acceptors (Lipinski definition) is 10. The van der Waals surface area contributed by atoms with Crippen molar-refractivity contribution >= 4 is 50.3 Å². The maximum atomic E-state index is 11.4. The van der Waals surface area contributed by atoms with Crippen molar-refractivity contribution in [3.63, 3.8) is 0 Å². The number of oxime groups is 1. The Bertz CT molecular complexity index is 1480. The second-order valence-electron chi connectivity index (χ2n) is 8.65. The van der Waals surface area contributed by atoms with Gasteiger partial charge in [-0.15, -0.1) is 0 Å². The van der Waals surface area contributed by atoms with Crippen LogP contribution in [0.15, 0.2) is 64.6 Å². The van der Waals surface area contributed by atoms with Crippen molar-refractivity contribution in [2.75, 3.05) is 36.9 Å². The Kier molecular flexibility index (Phi) is 7.73. The molecule has 0 atom stereocenters. The van der Waals surface area contributed by atoms with Crippen molar-refractivity contribution in [1.82, 2.24) is 19.9 Å². The van der Waals surface area contributed by atoms with Crippen molar-refractivity contribution in [3.8, 4) is 22.4 Å². The van der Waals surface area contributed by atoms with E-state index in [4.69, 9.17) is 25.3 Å². The number of carbonyl (C=O) groups excluding carboxylic acids is 1. The van der Waals surface area contributed by atoms with E-state index < -0.39 is 5.97 Å². The van der Waals surface area contributed by atoms with Crippen LogP contribution < -0.4 is 10.6 Å². The molecule has 0 radical (unpaired) electrons. The minimum Gasteiger partial charge on any atom is -0.463 e. The highest BCUT2D eigenvalue weighted by atomic mass is 79.9. The van der Waals surface area contributed by atoms with Gasteiger partial charge in [-0.05, 0) is 48.4 Å². The predicted molar refractivity (Wildman–Crippen MR) is 150 cm³/mol. The fourth-order valence-electron chi connectivity index (χ4n) is 4.31. The summed E-state index contributed by atoms with van der Waals surface area (Å²) in [5.74, 6) is 0.843. The Hall–Kier alpha value is -4.12. The van der Waals surface area contributed by atoms with Crippen LogP contribution in [-0.2, 0) is 14.4 Å². The number of esters is 1. The van der Waals surface area contributed by atoms with Crippen molar-refractivity contribution in [1.29, 1.82) is 0 Å². The zero-order valence-corrected chi connectivity index (χ0v) is 22.4. The first-order chi connectivity index (χ1) is 18.5. The third-order valence-corrected chi connectivity index (χ3v) is 6.65. The number of ether oxygens (including phenoxy) is 1. The molecule has 1 fully saturated rings. The van der Waals surface area contributed by atoms with E-state index in [1.165, 1.54) is 6.33 Å². The number of benzene rings is 1. The lowest BCUT2D eigenvalue weighted by Crippen LogP contribution is -2.34. The van der Waals surface area contributed by atoms with Gasteiger partial charge in [0.2, 0.25) is 6.61 Å². The van der Waals surface area contributed by atoms with Gasteiger partial charge in [0.05, 0.1) is 23.4 Å². The first kappa shape index (κ1) is 25.5. The van der Waals surface area contributed by atoms with E-state index in [1.807, 2.05) is 48.7 Å². The third-order valence-electron chi connectivity index (χ3n) is 6.16. The van der Waals surface area contributed by atoms with Crippen LogP contribution in [0.3, 0.4) is 0 Å². The molecule has 0 saturated carbocycles. The standard InChI is InChI=1S/C27H26BrN7O3/c1-2-37-24(36)15-38-34-20-8-10-35(11-9-20)23-7-6-18(14-30-23)22-13-21(17-4-3-5-19(28)12-17)25-26(29)31-16-32-27(25)33-22/h3-7,12-14,16H,2,8-11,15H2,1H3,(H2,29,31,32,33). The summed E-state index contributed by atoms with van der Waals surface area (Å²) in [7, 11) is 0. The molecule has 194 valence electrons. The van der Waals surface area contributed by atoms with Gasteiger partial charge in [0.25, 0.3) is 0 Å². The molecular formula is C27H26BrN7O3. The molecule has 1 aromatic carbocycles. The Labute approximate surface area is 228 Å². The van der Waals surface area contributed by atoms with E-state index in [-0.39, 0.29) is 6.61 Å². The molecule has 1 aliphatic rings. The summed E-state index contributed by atoms with van der Waals surface area (Å²) in [6, 6.07) is 14.0. The average molecular weight is 576 g/mol. The Balaban J connectivity index is 1.34. The number of fused-ring (bicyclic) bond motifs is 1. The summed E-state index contributed by atoms with van der Waals surface area (Å²) in [6.45, 7) is 3.42. The molecule has 10 nitrogen and oxygen atoms in total. The number of rotatable bonds is 7. The number of hydrogen-bond donors (Lipinski definition) is 1. The lowest BCUT2D eigenvalue weighted by atomic mass is 10.0. The zero-order valence-electron chi connectivity index (χ0n) is 20.8. The van der Waals surface area contributed by atoms with Crippen LogP contribution in [0, 0.1) is 0 Å². The first-order valence-electron chi connectivity index (χ1n) is 12.2. The summed E-state index contributed by atoms with van der Waals surface area (Å²) >= 11 is 3.55. The molecule has 5 rings (SSSR count). The molecule has 0 bridgehead atoms. The highest BCUT2D eigenvalue weighted by molar-refractivity contribution is 9.10. The van der Waals surface area contributed by atoms with Crippen LogP contribution in [0.1, 0.15) is 19.8 Å².